The van der Waals surface area contributed by atoms with E-state index < -0.39 is 0 Å². The molecule has 0 radical (unpaired) electrons. The third-order valence-electron chi connectivity index (χ3n) is 2.68. The standard InChI is InChI=1S/C13H21FN2O/c1-10(15-8-9-16(2)3)13-11(14)6-5-7-12(13)17-4/h5-7,10,15H,8-9H2,1-4H3. The summed E-state index contributed by atoms with van der Waals surface area (Å²) in [6.45, 7) is 3.67. The molecule has 1 rings (SSSR count). The van der Waals surface area contributed by atoms with Gasteiger partial charge < -0.3 is 15.0 Å². The number of benzene rings is 1. The Morgan fingerprint density at radius 3 is 2.71 bits per heavy atom. The van der Waals surface area contributed by atoms with E-state index in [1.807, 2.05) is 21.0 Å². The van der Waals surface area contributed by atoms with Crippen molar-refractivity contribution in [2.75, 3.05) is 34.3 Å². The van der Waals surface area contributed by atoms with Crippen LogP contribution in [0.3, 0.4) is 0 Å². The quantitative estimate of drug-likeness (QED) is 0.823. The summed E-state index contributed by atoms with van der Waals surface area (Å²) in [5.74, 6) is 0.365. The van der Waals surface area contributed by atoms with Gasteiger partial charge in [-0.15, -0.1) is 0 Å². The number of nitrogens with zero attached hydrogens (tertiary/aromatic N) is 1. The van der Waals surface area contributed by atoms with Gasteiger partial charge in [0.05, 0.1) is 7.11 Å². The van der Waals surface area contributed by atoms with Gasteiger partial charge in [-0.05, 0) is 33.2 Å². The molecule has 1 atom stereocenters. The molecule has 0 aliphatic rings. The van der Waals surface area contributed by atoms with Crippen molar-refractivity contribution in [3.8, 4) is 5.75 Å². The molecule has 1 aromatic carbocycles. The van der Waals surface area contributed by atoms with E-state index >= 15 is 0 Å². The van der Waals surface area contributed by atoms with Crippen LogP contribution in [0.2, 0.25) is 0 Å². The molecule has 0 heterocycles. The number of halogens is 1. The van der Waals surface area contributed by atoms with Gasteiger partial charge in [0, 0.05) is 24.7 Å². The molecule has 0 aliphatic heterocycles. The fourth-order valence-electron chi connectivity index (χ4n) is 1.72. The lowest BCUT2D eigenvalue weighted by Crippen LogP contribution is -2.29. The third kappa shape index (κ3) is 3.98. The van der Waals surface area contributed by atoms with Crippen LogP contribution < -0.4 is 10.1 Å². The maximum absolute atomic E-state index is 13.7. The number of rotatable bonds is 6. The van der Waals surface area contributed by atoms with Gasteiger partial charge in [0.25, 0.3) is 0 Å². The van der Waals surface area contributed by atoms with Crippen LogP contribution in [0.4, 0.5) is 4.39 Å². The predicted molar refractivity (Wildman–Crippen MR) is 67.9 cm³/mol. The number of hydrogen-bond acceptors (Lipinski definition) is 3. The Balaban J connectivity index is 2.70. The Labute approximate surface area is 103 Å². The molecule has 0 saturated heterocycles. The fourth-order valence-corrected chi connectivity index (χ4v) is 1.72. The molecule has 17 heavy (non-hydrogen) atoms. The van der Waals surface area contributed by atoms with Crippen molar-refractivity contribution in [2.24, 2.45) is 0 Å². The molecule has 1 unspecified atom stereocenters. The van der Waals surface area contributed by atoms with Crippen molar-refractivity contribution in [3.05, 3.63) is 29.6 Å². The molecule has 0 bridgehead atoms. The van der Waals surface area contributed by atoms with E-state index in [0.717, 1.165) is 13.1 Å². The second kappa shape index (κ2) is 6.57. The van der Waals surface area contributed by atoms with Crippen molar-refractivity contribution in [2.45, 2.75) is 13.0 Å². The van der Waals surface area contributed by atoms with E-state index in [1.54, 1.807) is 19.2 Å². The second-order valence-electron chi connectivity index (χ2n) is 4.33. The molecule has 4 heteroatoms. The first-order valence-electron chi connectivity index (χ1n) is 5.76. The summed E-state index contributed by atoms with van der Waals surface area (Å²) in [4.78, 5) is 2.08. The maximum atomic E-state index is 13.7. The Morgan fingerprint density at radius 2 is 2.12 bits per heavy atom. The van der Waals surface area contributed by atoms with Crippen LogP contribution in [0.15, 0.2) is 18.2 Å². The van der Waals surface area contributed by atoms with E-state index in [9.17, 15) is 4.39 Å². The van der Waals surface area contributed by atoms with Crippen molar-refractivity contribution in [3.63, 3.8) is 0 Å². The van der Waals surface area contributed by atoms with Gasteiger partial charge in [0.1, 0.15) is 11.6 Å². The monoisotopic (exact) mass is 240 g/mol. The molecule has 0 saturated carbocycles. The van der Waals surface area contributed by atoms with Gasteiger partial charge >= 0.3 is 0 Å². The van der Waals surface area contributed by atoms with Crippen LogP contribution >= 0.6 is 0 Å². The number of nitrogens with one attached hydrogen (secondary N) is 1. The Hall–Kier alpha value is -1.13. The number of likely N-dealkylation sites (N-methyl/N-ethyl adjacent to an activating group) is 1. The lowest BCUT2D eigenvalue weighted by atomic mass is 10.1. The molecular weight excluding hydrogens is 219 g/mol. The Kier molecular flexibility index (Phi) is 5.38. The first-order chi connectivity index (χ1) is 8.06. The molecule has 1 aromatic rings. The van der Waals surface area contributed by atoms with Gasteiger partial charge in [0.2, 0.25) is 0 Å². The molecular formula is C13H21FN2O. The minimum absolute atomic E-state index is 0.0638. The zero-order chi connectivity index (χ0) is 12.8. The summed E-state index contributed by atoms with van der Waals surface area (Å²) in [5.41, 5.74) is 0.591. The summed E-state index contributed by atoms with van der Waals surface area (Å²) < 4.78 is 18.9. The molecule has 0 aliphatic carbocycles. The molecule has 0 spiro atoms. The van der Waals surface area contributed by atoms with E-state index in [1.165, 1.54) is 6.07 Å². The van der Waals surface area contributed by atoms with Gasteiger partial charge in [0.15, 0.2) is 0 Å². The summed E-state index contributed by atoms with van der Waals surface area (Å²) in [5, 5.41) is 3.28. The highest BCUT2D eigenvalue weighted by molar-refractivity contribution is 5.36. The third-order valence-corrected chi connectivity index (χ3v) is 2.68. The molecule has 0 aromatic heterocycles. The summed E-state index contributed by atoms with van der Waals surface area (Å²) >= 11 is 0. The van der Waals surface area contributed by atoms with Crippen LogP contribution in [0.5, 0.6) is 5.75 Å². The smallest absolute Gasteiger partial charge is 0.131 e. The highest BCUT2D eigenvalue weighted by Crippen LogP contribution is 2.27. The Bertz CT molecular complexity index is 355. The lowest BCUT2D eigenvalue weighted by Gasteiger charge is -2.19. The first kappa shape index (κ1) is 13.9. The minimum atomic E-state index is -0.228. The van der Waals surface area contributed by atoms with Crippen molar-refractivity contribution in [1.29, 1.82) is 0 Å². The fraction of sp³-hybridized carbons (Fsp3) is 0.538. The van der Waals surface area contributed by atoms with Gasteiger partial charge in [-0.2, -0.15) is 0 Å². The second-order valence-corrected chi connectivity index (χ2v) is 4.33. The molecule has 0 amide bonds. The average molecular weight is 240 g/mol. The molecule has 3 nitrogen and oxygen atoms in total. The molecule has 0 fully saturated rings. The Morgan fingerprint density at radius 1 is 1.41 bits per heavy atom. The molecule has 96 valence electrons. The van der Waals surface area contributed by atoms with E-state index in [0.29, 0.717) is 11.3 Å². The first-order valence-corrected chi connectivity index (χ1v) is 5.76. The zero-order valence-electron chi connectivity index (χ0n) is 11.0. The van der Waals surface area contributed by atoms with Crippen LogP contribution in [-0.2, 0) is 0 Å². The summed E-state index contributed by atoms with van der Waals surface area (Å²) in [7, 11) is 5.58. The summed E-state index contributed by atoms with van der Waals surface area (Å²) in [6.07, 6.45) is 0. The van der Waals surface area contributed by atoms with Gasteiger partial charge in [-0.3, -0.25) is 0 Å². The predicted octanol–water partition coefficient (Wildman–Crippen LogP) is 2.05. The number of hydrogen-bond donors (Lipinski definition) is 1. The highest BCUT2D eigenvalue weighted by atomic mass is 19.1. The topological polar surface area (TPSA) is 24.5 Å². The SMILES string of the molecule is COc1cccc(F)c1C(C)NCCN(C)C. The normalized spacial score (nSPS) is 12.8. The number of methoxy groups -OCH3 is 1. The zero-order valence-corrected chi connectivity index (χ0v) is 11.0. The number of ether oxygens (including phenoxy) is 1. The van der Waals surface area contributed by atoms with Gasteiger partial charge in [-0.1, -0.05) is 6.07 Å². The highest BCUT2D eigenvalue weighted by Gasteiger charge is 2.15. The van der Waals surface area contributed by atoms with E-state index in [4.69, 9.17) is 4.74 Å². The summed E-state index contributed by atoms with van der Waals surface area (Å²) in [6, 6.07) is 4.83. The molecule has 1 N–H and O–H groups in total. The van der Waals surface area contributed by atoms with E-state index in [-0.39, 0.29) is 11.9 Å². The van der Waals surface area contributed by atoms with Crippen LogP contribution in [0.25, 0.3) is 0 Å². The average Bonchev–Trinajstić information content (AvgIpc) is 2.27. The van der Waals surface area contributed by atoms with Crippen molar-refractivity contribution < 1.29 is 9.13 Å². The largest absolute Gasteiger partial charge is 0.496 e. The van der Waals surface area contributed by atoms with Gasteiger partial charge in [-0.25, -0.2) is 4.39 Å². The van der Waals surface area contributed by atoms with Crippen LogP contribution in [-0.4, -0.2) is 39.2 Å². The van der Waals surface area contributed by atoms with Crippen molar-refractivity contribution in [1.82, 2.24) is 10.2 Å². The van der Waals surface area contributed by atoms with Crippen LogP contribution in [0, 0.1) is 5.82 Å². The lowest BCUT2D eigenvalue weighted by molar-refractivity contribution is 0.373. The minimum Gasteiger partial charge on any atom is -0.496 e. The van der Waals surface area contributed by atoms with Crippen LogP contribution in [0.1, 0.15) is 18.5 Å². The van der Waals surface area contributed by atoms with Crippen molar-refractivity contribution >= 4 is 0 Å². The maximum Gasteiger partial charge on any atom is 0.131 e. The van der Waals surface area contributed by atoms with E-state index in [2.05, 4.69) is 10.2 Å².